The summed E-state index contributed by atoms with van der Waals surface area (Å²) in [6, 6.07) is 11.3. The number of anilines is 1. The summed E-state index contributed by atoms with van der Waals surface area (Å²) in [7, 11) is 0. The molecule has 2 rings (SSSR count). The second-order valence-corrected chi connectivity index (χ2v) is 6.20. The molecular formula is C17H15BrN2O5. The van der Waals surface area contributed by atoms with Crippen molar-refractivity contribution in [1.82, 2.24) is 0 Å². The molecule has 1 amide bonds. The normalized spacial score (nSPS) is 10.3. The molecule has 0 aliphatic carbocycles. The Morgan fingerprint density at radius 3 is 2.48 bits per heavy atom. The highest BCUT2D eigenvalue weighted by Crippen LogP contribution is 2.33. The van der Waals surface area contributed by atoms with E-state index in [-0.39, 0.29) is 24.2 Å². The molecule has 0 bridgehead atoms. The van der Waals surface area contributed by atoms with E-state index in [2.05, 4.69) is 21.2 Å². The third kappa shape index (κ3) is 5.12. The van der Waals surface area contributed by atoms with Crippen molar-refractivity contribution in [2.75, 3.05) is 5.32 Å². The second-order valence-electron chi connectivity index (χ2n) is 5.28. The van der Waals surface area contributed by atoms with Gasteiger partial charge in [0.05, 0.1) is 4.92 Å². The van der Waals surface area contributed by atoms with E-state index in [0.717, 1.165) is 0 Å². The number of halogens is 1. The van der Waals surface area contributed by atoms with E-state index < -0.39 is 16.8 Å². The molecule has 0 heterocycles. The summed E-state index contributed by atoms with van der Waals surface area (Å²) in [4.78, 5) is 33.8. The van der Waals surface area contributed by atoms with Crippen molar-refractivity contribution >= 4 is 39.2 Å². The predicted octanol–water partition coefficient (Wildman–Crippen LogP) is 4.02. The van der Waals surface area contributed by atoms with E-state index in [1.54, 1.807) is 36.4 Å². The van der Waals surface area contributed by atoms with Crippen LogP contribution in [0, 0.1) is 10.1 Å². The first-order chi connectivity index (χ1) is 11.9. The van der Waals surface area contributed by atoms with E-state index in [4.69, 9.17) is 5.11 Å². The molecule has 0 saturated carbocycles. The minimum Gasteiger partial charge on any atom is -0.481 e. The molecule has 0 unspecified atom stereocenters. The Morgan fingerprint density at radius 2 is 1.88 bits per heavy atom. The maximum atomic E-state index is 12.4. The van der Waals surface area contributed by atoms with E-state index in [1.807, 2.05) is 0 Å². The highest BCUT2D eigenvalue weighted by atomic mass is 79.9. The van der Waals surface area contributed by atoms with E-state index in [1.165, 1.54) is 6.07 Å². The monoisotopic (exact) mass is 406 g/mol. The van der Waals surface area contributed by atoms with E-state index >= 15 is 0 Å². The van der Waals surface area contributed by atoms with Crippen LogP contribution in [0.2, 0.25) is 0 Å². The first kappa shape index (κ1) is 18.6. The summed E-state index contributed by atoms with van der Waals surface area (Å²) in [5, 5.41) is 22.7. The van der Waals surface area contributed by atoms with Crippen LogP contribution in [-0.2, 0) is 11.2 Å². The number of carboxylic acid groups (broad SMARTS) is 1. The second kappa shape index (κ2) is 8.39. The van der Waals surface area contributed by atoms with Gasteiger partial charge in [0, 0.05) is 22.5 Å². The molecule has 25 heavy (non-hydrogen) atoms. The van der Waals surface area contributed by atoms with Crippen molar-refractivity contribution in [3.63, 3.8) is 0 Å². The predicted molar refractivity (Wildman–Crippen MR) is 95.8 cm³/mol. The molecule has 8 heteroatoms. The molecule has 2 aromatic carbocycles. The number of nitrogens with one attached hydrogen (secondary N) is 1. The van der Waals surface area contributed by atoms with Crippen LogP contribution in [0.3, 0.4) is 0 Å². The van der Waals surface area contributed by atoms with E-state index in [9.17, 15) is 19.7 Å². The standard InChI is InChI=1S/C17H15BrN2O5/c18-13-9-12(7-4-8-15(21)22)16(14(10-13)20(24)25)19-17(23)11-5-2-1-3-6-11/h1-3,5-6,9-10H,4,7-8H2,(H,19,23)(H,21,22). The van der Waals surface area contributed by atoms with Gasteiger partial charge in [0.25, 0.3) is 11.6 Å². The van der Waals surface area contributed by atoms with Crippen LogP contribution in [-0.4, -0.2) is 21.9 Å². The van der Waals surface area contributed by atoms with Gasteiger partial charge in [-0.25, -0.2) is 0 Å². The zero-order valence-corrected chi connectivity index (χ0v) is 14.7. The van der Waals surface area contributed by atoms with Crippen LogP contribution in [0.4, 0.5) is 11.4 Å². The molecule has 0 aliphatic heterocycles. The molecule has 0 radical (unpaired) electrons. The topological polar surface area (TPSA) is 110 Å². The van der Waals surface area contributed by atoms with E-state index in [0.29, 0.717) is 22.0 Å². The number of carbonyl (C=O) groups is 2. The molecule has 130 valence electrons. The number of hydrogen-bond acceptors (Lipinski definition) is 4. The van der Waals surface area contributed by atoms with Crippen LogP contribution in [0.1, 0.15) is 28.8 Å². The number of nitrogens with zero attached hydrogens (tertiary/aromatic N) is 1. The van der Waals surface area contributed by atoms with Gasteiger partial charge in [-0.1, -0.05) is 34.1 Å². The van der Waals surface area contributed by atoms with Gasteiger partial charge in [-0.05, 0) is 36.6 Å². The molecule has 2 N–H and O–H groups in total. The number of benzene rings is 2. The van der Waals surface area contributed by atoms with Crippen molar-refractivity contribution < 1.29 is 19.6 Å². The highest BCUT2D eigenvalue weighted by Gasteiger charge is 2.21. The van der Waals surface area contributed by atoms with Gasteiger partial charge in [-0.2, -0.15) is 0 Å². The fraction of sp³-hybridized carbons (Fsp3) is 0.176. The number of rotatable bonds is 7. The van der Waals surface area contributed by atoms with Gasteiger partial charge in [0.1, 0.15) is 5.69 Å². The van der Waals surface area contributed by atoms with Crippen LogP contribution >= 0.6 is 15.9 Å². The maximum Gasteiger partial charge on any atom is 0.303 e. The van der Waals surface area contributed by atoms with Crippen molar-refractivity contribution in [2.24, 2.45) is 0 Å². The Hall–Kier alpha value is -2.74. The Kier molecular flexibility index (Phi) is 6.24. The number of aliphatic carboxylic acids is 1. The van der Waals surface area contributed by atoms with Crippen molar-refractivity contribution in [1.29, 1.82) is 0 Å². The summed E-state index contributed by atoms with van der Waals surface area (Å²) in [5.41, 5.74) is 0.722. The summed E-state index contributed by atoms with van der Waals surface area (Å²) < 4.78 is 0.488. The number of hydrogen-bond donors (Lipinski definition) is 2. The summed E-state index contributed by atoms with van der Waals surface area (Å²) in [6.45, 7) is 0. The first-order valence-corrected chi connectivity index (χ1v) is 8.23. The fourth-order valence-electron chi connectivity index (χ4n) is 2.34. The number of aryl methyl sites for hydroxylation is 1. The lowest BCUT2D eigenvalue weighted by Gasteiger charge is -2.12. The Labute approximate surface area is 152 Å². The zero-order valence-electron chi connectivity index (χ0n) is 13.1. The molecule has 2 aromatic rings. The molecule has 7 nitrogen and oxygen atoms in total. The van der Waals surface area contributed by atoms with Crippen LogP contribution < -0.4 is 5.32 Å². The van der Waals surface area contributed by atoms with Crippen molar-refractivity contribution in [3.05, 3.63) is 68.2 Å². The molecule has 0 aliphatic rings. The minimum atomic E-state index is -0.945. The summed E-state index contributed by atoms with van der Waals surface area (Å²) >= 11 is 3.21. The number of carbonyl (C=O) groups excluding carboxylic acids is 1. The third-order valence-corrected chi connectivity index (χ3v) is 3.93. The molecular weight excluding hydrogens is 392 g/mol. The number of amides is 1. The van der Waals surface area contributed by atoms with Gasteiger partial charge >= 0.3 is 5.97 Å². The number of nitro groups is 1. The van der Waals surface area contributed by atoms with Gasteiger partial charge < -0.3 is 10.4 Å². The Balaban J connectivity index is 2.36. The average molecular weight is 407 g/mol. The van der Waals surface area contributed by atoms with Gasteiger partial charge in [0.15, 0.2) is 0 Å². The number of carboxylic acids is 1. The molecule has 0 saturated heterocycles. The maximum absolute atomic E-state index is 12.4. The van der Waals surface area contributed by atoms with Crippen LogP contribution in [0.5, 0.6) is 0 Å². The van der Waals surface area contributed by atoms with Crippen LogP contribution in [0.25, 0.3) is 0 Å². The smallest absolute Gasteiger partial charge is 0.303 e. The first-order valence-electron chi connectivity index (χ1n) is 7.43. The third-order valence-electron chi connectivity index (χ3n) is 3.47. The lowest BCUT2D eigenvalue weighted by molar-refractivity contribution is -0.384. The Morgan fingerprint density at radius 1 is 1.20 bits per heavy atom. The lowest BCUT2D eigenvalue weighted by atomic mass is 10.0. The molecule has 0 aromatic heterocycles. The number of nitro benzene ring substituents is 1. The molecule has 0 fully saturated rings. The van der Waals surface area contributed by atoms with Gasteiger partial charge in [-0.15, -0.1) is 0 Å². The molecule has 0 atom stereocenters. The van der Waals surface area contributed by atoms with Gasteiger partial charge in [0.2, 0.25) is 0 Å². The van der Waals surface area contributed by atoms with Gasteiger partial charge in [-0.3, -0.25) is 19.7 Å². The largest absolute Gasteiger partial charge is 0.481 e. The average Bonchev–Trinajstić information content (AvgIpc) is 2.57. The van der Waals surface area contributed by atoms with Crippen molar-refractivity contribution in [3.8, 4) is 0 Å². The Bertz CT molecular complexity index is 808. The molecule has 0 spiro atoms. The SMILES string of the molecule is O=C(O)CCCc1cc(Br)cc([N+](=O)[O-])c1NC(=O)c1ccccc1. The summed E-state index contributed by atoms with van der Waals surface area (Å²) in [6.07, 6.45) is 0.528. The minimum absolute atomic E-state index is 0.0631. The fourth-order valence-corrected chi connectivity index (χ4v) is 2.83. The highest BCUT2D eigenvalue weighted by molar-refractivity contribution is 9.10. The summed E-state index contributed by atoms with van der Waals surface area (Å²) in [5.74, 6) is -1.41. The zero-order chi connectivity index (χ0) is 18.4. The van der Waals surface area contributed by atoms with Crippen LogP contribution in [0.15, 0.2) is 46.9 Å². The quantitative estimate of drug-likeness (QED) is 0.532. The lowest BCUT2D eigenvalue weighted by Crippen LogP contribution is -2.15. The van der Waals surface area contributed by atoms with Crippen molar-refractivity contribution in [2.45, 2.75) is 19.3 Å².